The van der Waals surface area contributed by atoms with Gasteiger partial charge in [-0.05, 0) is 66.8 Å². The highest BCUT2D eigenvalue weighted by atomic mass is 16.3. The van der Waals surface area contributed by atoms with Gasteiger partial charge in [-0.3, -0.25) is 4.90 Å². The number of anilines is 2. The van der Waals surface area contributed by atoms with Crippen LogP contribution in [-0.2, 0) is 18.7 Å². The lowest BCUT2D eigenvalue weighted by Gasteiger charge is -2.33. The van der Waals surface area contributed by atoms with Gasteiger partial charge in [0.2, 0.25) is 0 Å². The number of nitrogens with one attached hydrogen (secondary N) is 4. The molecule has 224 valence electrons. The topological polar surface area (TPSA) is 106 Å². The number of carbonyl (C=O) groups excluding carboxylic acids is 2. The van der Waals surface area contributed by atoms with Crippen molar-refractivity contribution in [1.29, 1.82) is 0 Å². The first-order valence-corrected chi connectivity index (χ1v) is 14.7. The van der Waals surface area contributed by atoms with Gasteiger partial charge in [0.25, 0.3) is 0 Å². The van der Waals surface area contributed by atoms with E-state index < -0.39 is 5.60 Å². The number of nitrogens with zero attached hydrogens (tertiary/aromatic N) is 1. The lowest BCUT2D eigenvalue weighted by atomic mass is 9.83. The van der Waals surface area contributed by atoms with Crippen LogP contribution in [0.15, 0.2) is 109 Å². The number of rotatable bonds is 13. The van der Waals surface area contributed by atoms with E-state index in [0.717, 1.165) is 13.1 Å². The maximum Gasteiger partial charge on any atom is 0.319 e. The van der Waals surface area contributed by atoms with Crippen molar-refractivity contribution in [2.24, 2.45) is 0 Å². The zero-order chi connectivity index (χ0) is 30.5. The highest BCUT2D eigenvalue weighted by Gasteiger charge is 2.32. The third-order valence-electron chi connectivity index (χ3n) is 7.20. The Labute approximate surface area is 254 Å². The van der Waals surface area contributed by atoms with Crippen LogP contribution in [0.2, 0.25) is 0 Å². The van der Waals surface area contributed by atoms with Gasteiger partial charge in [0, 0.05) is 44.1 Å². The summed E-state index contributed by atoms with van der Waals surface area (Å²) in [6.45, 7) is 6.84. The number of hydrogen-bond acceptors (Lipinski definition) is 4. The van der Waals surface area contributed by atoms with E-state index in [-0.39, 0.29) is 12.1 Å². The first-order chi connectivity index (χ1) is 20.9. The first-order valence-electron chi connectivity index (χ1n) is 14.7. The Morgan fingerprint density at radius 2 is 1.02 bits per heavy atom. The van der Waals surface area contributed by atoms with Gasteiger partial charge in [-0.25, -0.2) is 9.59 Å². The lowest BCUT2D eigenvalue weighted by molar-refractivity contribution is 0.0549. The molecule has 8 heteroatoms. The molecule has 0 heterocycles. The quantitative estimate of drug-likeness (QED) is 0.128. The summed E-state index contributed by atoms with van der Waals surface area (Å²) in [6.07, 6.45) is 0.416. The summed E-state index contributed by atoms with van der Waals surface area (Å²) in [5.74, 6) is 0. The van der Waals surface area contributed by atoms with Crippen LogP contribution in [0.1, 0.15) is 42.5 Å². The van der Waals surface area contributed by atoms with Crippen molar-refractivity contribution in [3.8, 4) is 0 Å². The fourth-order valence-electron chi connectivity index (χ4n) is 5.00. The monoisotopic (exact) mass is 579 g/mol. The molecular formula is C35H41N5O3. The van der Waals surface area contributed by atoms with Gasteiger partial charge in [-0.2, -0.15) is 0 Å². The Bertz CT molecular complexity index is 1320. The van der Waals surface area contributed by atoms with Gasteiger partial charge in [-0.1, -0.05) is 84.9 Å². The number of urea groups is 2. The zero-order valence-corrected chi connectivity index (χ0v) is 24.8. The Balaban J connectivity index is 1.62. The van der Waals surface area contributed by atoms with E-state index in [2.05, 4.69) is 50.4 Å². The van der Waals surface area contributed by atoms with Crippen molar-refractivity contribution in [1.82, 2.24) is 15.5 Å². The molecule has 4 aromatic carbocycles. The van der Waals surface area contributed by atoms with E-state index in [1.165, 1.54) is 11.1 Å². The average Bonchev–Trinajstić information content (AvgIpc) is 3.02. The molecular weight excluding hydrogens is 538 g/mol. The van der Waals surface area contributed by atoms with Crippen molar-refractivity contribution < 1.29 is 14.7 Å². The summed E-state index contributed by atoms with van der Waals surface area (Å²) < 4.78 is 0. The normalized spacial score (nSPS) is 11.2. The van der Waals surface area contributed by atoms with Crippen molar-refractivity contribution in [3.05, 3.63) is 131 Å². The van der Waals surface area contributed by atoms with Crippen molar-refractivity contribution in [2.45, 2.75) is 39.0 Å². The molecule has 4 rings (SSSR count). The zero-order valence-electron chi connectivity index (χ0n) is 24.8. The van der Waals surface area contributed by atoms with E-state index in [0.29, 0.717) is 48.6 Å². The van der Waals surface area contributed by atoms with Crippen LogP contribution >= 0.6 is 0 Å². The third-order valence-corrected chi connectivity index (χ3v) is 7.20. The van der Waals surface area contributed by atoms with E-state index in [9.17, 15) is 14.7 Å². The molecule has 0 aliphatic heterocycles. The molecule has 4 aromatic rings. The van der Waals surface area contributed by atoms with E-state index in [1.54, 1.807) is 24.3 Å². The predicted molar refractivity (Wildman–Crippen MR) is 173 cm³/mol. The second kappa shape index (κ2) is 15.5. The highest BCUT2D eigenvalue weighted by Crippen LogP contribution is 2.35. The smallest absolute Gasteiger partial charge is 0.319 e. The fourth-order valence-corrected chi connectivity index (χ4v) is 5.00. The van der Waals surface area contributed by atoms with Gasteiger partial charge in [0.15, 0.2) is 0 Å². The first kappa shape index (κ1) is 31.3. The Morgan fingerprint density at radius 1 is 0.628 bits per heavy atom. The van der Waals surface area contributed by atoms with Gasteiger partial charge in [-0.15, -0.1) is 0 Å². The molecule has 0 radical (unpaired) electrons. The number of amides is 4. The van der Waals surface area contributed by atoms with Crippen LogP contribution in [0.4, 0.5) is 21.0 Å². The Kier molecular flexibility index (Phi) is 11.3. The predicted octanol–water partition coefficient (Wildman–Crippen LogP) is 6.30. The molecule has 0 atom stereocenters. The minimum atomic E-state index is -1.33. The van der Waals surface area contributed by atoms with Crippen LogP contribution in [0.5, 0.6) is 0 Å². The Morgan fingerprint density at radius 3 is 1.40 bits per heavy atom. The van der Waals surface area contributed by atoms with Gasteiger partial charge < -0.3 is 26.4 Å². The molecule has 0 fully saturated rings. The summed E-state index contributed by atoms with van der Waals surface area (Å²) in [4.78, 5) is 26.4. The second-order valence-corrected chi connectivity index (χ2v) is 10.4. The SMILES string of the molecule is CCNC(=O)Nc1ccc(C(O)(CCN(Cc2ccccc2)Cc2ccccc2)c2ccc(NC(=O)NCC)cc2)cc1. The third kappa shape index (κ3) is 9.16. The number of benzene rings is 4. The molecule has 5 N–H and O–H groups in total. The molecule has 0 aromatic heterocycles. The molecule has 0 unspecified atom stereocenters. The average molecular weight is 580 g/mol. The molecule has 43 heavy (non-hydrogen) atoms. The molecule has 0 aliphatic rings. The fraction of sp³-hybridized carbons (Fsp3) is 0.257. The minimum Gasteiger partial charge on any atom is -0.380 e. The summed E-state index contributed by atoms with van der Waals surface area (Å²) in [6, 6.07) is 34.7. The molecule has 4 amide bonds. The molecule has 8 nitrogen and oxygen atoms in total. The van der Waals surface area contributed by atoms with Gasteiger partial charge in [0.1, 0.15) is 5.60 Å². The van der Waals surface area contributed by atoms with Crippen LogP contribution in [0.3, 0.4) is 0 Å². The van der Waals surface area contributed by atoms with E-state index in [1.807, 2.05) is 74.5 Å². The largest absolute Gasteiger partial charge is 0.380 e. The van der Waals surface area contributed by atoms with E-state index >= 15 is 0 Å². The molecule has 0 saturated carbocycles. The van der Waals surface area contributed by atoms with Crippen LogP contribution in [-0.4, -0.2) is 41.7 Å². The van der Waals surface area contributed by atoms with Crippen LogP contribution in [0.25, 0.3) is 0 Å². The van der Waals surface area contributed by atoms with Crippen LogP contribution in [0, 0.1) is 0 Å². The number of carbonyl (C=O) groups is 2. The Hall–Kier alpha value is -4.66. The second-order valence-electron chi connectivity index (χ2n) is 10.4. The van der Waals surface area contributed by atoms with Crippen molar-refractivity contribution >= 4 is 23.4 Å². The van der Waals surface area contributed by atoms with Crippen molar-refractivity contribution in [3.63, 3.8) is 0 Å². The molecule has 0 aliphatic carbocycles. The van der Waals surface area contributed by atoms with Crippen molar-refractivity contribution in [2.75, 3.05) is 30.3 Å². The van der Waals surface area contributed by atoms with Crippen LogP contribution < -0.4 is 21.3 Å². The summed E-state index contributed by atoms with van der Waals surface area (Å²) in [5.41, 5.74) is 3.74. The molecule has 0 bridgehead atoms. The maximum absolute atomic E-state index is 12.4. The van der Waals surface area contributed by atoms with Gasteiger partial charge >= 0.3 is 12.1 Å². The highest BCUT2D eigenvalue weighted by molar-refractivity contribution is 5.89. The lowest BCUT2D eigenvalue weighted by Crippen LogP contribution is -2.34. The summed E-state index contributed by atoms with van der Waals surface area (Å²) in [7, 11) is 0. The molecule has 0 spiro atoms. The maximum atomic E-state index is 12.4. The summed E-state index contributed by atoms with van der Waals surface area (Å²) in [5, 5.41) is 23.5. The number of aliphatic hydroxyl groups is 1. The summed E-state index contributed by atoms with van der Waals surface area (Å²) >= 11 is 0. The standard InChI is InChI=1S/C35H41N5O3/c1-3-36-33(41)38-31-19-15-29(16-20-31)35(43,30-17-21-32(22-18-30)39-34(42)37-4-2)23-24-40(25-27-11-7-5-8-12-27)26-28-13-9-6-10-14-28/h5-22,43H,3-4,23-26H2,1-2H3,(H2,36,38,41)(H2,37,39,42). The molecule has 0 saturated heterocycles. The number of hydrogen-bond donors (Lipinski definition) is 5. The van der Waals surface area contributed by atoms with Gasteiger partial charge in [0.05, 0.1) is 0 Å². The van der Waals surface area contributed by atoms with E-state index in [4.69, 9.17) is 0 Å². The minimum absolute atomic E-state index is 0.279.